The smallest absolute Gasteiger partial charge is 0.182 e. The molecule has 0 radical (unpaired) electrons. The van der Waals surface area contributed by atoms with Crippen molar-refractivity contribution in [2.24, 2.45) is 5.73 Å². The number of sulfone groups is 1. The summed E-state index contributed by atoms with van der Waals surface area (Å²) in [6, 6.07) is 2.77. The van der Waals surface area contributed by atoms with E-state index in [9.17, 15) is 12.8 Å². The van der Waals surface area contributed by atoms with Crippen LogP contribution in [0.5, 0.6) is 5.75 Å². The van der Waals surface area contributed by atoms with Crippen LogP contribution in [0.4, 0.5) is 4.39 Å². The molecule has 0 heterocycles. The summed E-state index contributed by atoms with van der Waals surface area (Å²) in [5.41, 5.74) is 6.28. The predicted octanol–water partition coefficient (Wildman–Crippen LogP) is 1.97. The molecule has 0 spiro atoms. The second kappa shape index (κ2) is 4.76. The van der Waals surface area contributed by atoms with Gasteiger partial charge in [-0.3, -0.25) is 0 Å². The molecule has 1 aromatic rings. The minimum absolute atomic E-state index is 0.0224. The topological polar surface area (TPSA) is 69.4 Å². The maximum atomic E-state index is 14.1. The molecule has 0 amide bonds. The van der Waals surface area contributed by atoms with Crippen LogP contribution in [0.25, 0.3) is 0 Å². The summed E-state index contributed by atoms with van der Waals surface area (Å²) in [5, 5.41) is 0. The summed E-state index contributed by atoms with van der Waals surface area (Å²) in [6.45, 7) is 0. The highest BCUT2D eigenvalue weighted by atomic mass is 32.2. The zero-order chi connectivity index (χ0) is 14.3. The molecule has 1 aliphatic rings. The van der Waals surface area contributed by atoms with Crippen LogP contribution in [0.3, 0.4) is 0 Å². The number of hydrogen-bond donors (Lipinski definition) is 1. The van der Waals surface area contributed by atoms with Gasteiger partial charge in [-0.15, -0.1) is 0 Å². The molecule has 1 aromatic carbocycles. The van der Waals surface area contributed by atoms with Gasteiger partial charge in [0.05, 0.1) is 7.11 Å². The van der Waals surface area contributed by atoms with Crippen LogP contribution in [0, 0.1) is 5.82 Å². The molecule has 2 rings (SSSR count). The van der Waals surface area contributed by atoms with Gasteiger partial charge in [0, 0.05) is 11.8 Å². The first kappa shape index (κ1) is 14.3. The van der Waals surface area contributed by atoms with Crippen molar-refractivity contribution in [2.75, 3.05) is 13.4 Å². The van der Waals surface area contributed by atoms with E-state index in [-0.39, 0.29) is 5.75 Å². The lowest BCUT2D eigenvalue weighted by Crippen LogP contribution is -2.33. The Morgan fingerprint density at radius 3 is 2.37 bits per heavy atom. The van der Waals surface area contributed by atoms with Crippen LogP contribution < -0.4 is 10.5 Å². The third-order valence-corrected chi connectivity index (χ3v) is 4.81. The fourth-order valence-corrected chi connectivity index (χ4v) is 3.58. The van der Waals surface area contributed by atoms with Gasteiger partial charge in [-0.25, -0.2) is 12.8 Å². The van der Waals surface area contributed by atoms with Crippen molar-refractivity contribution < 1.29 is 17.5 Å². The monoisotopic (exact) mass is 287 g/mol. The number of hydrogen-bond acceptors (Lipinski definition) is 4. The van der Waals surface area contributed by atoms with Crippen molar-refractivity contribution in [2.45, 2.75) is 36.1 Å². The molecule has 0 aromatic heterocycles. The van der Waals surface area contributed by atoms with Crippen molar-refractivity contribution in [3.8, 4) is 5.75 Å². The summed E-state index contributed by atoms with van der Waals surface area (Å²) >= 11 is 0. The van der Waals surface area contributed by atoms with Crippen molar-refractivity contribution in [3.05, 3.63) is 23.5 Å². The largest absolute Gasteiger partial charge is 0.495 e. The minimum atomic E-state index is -3.68. The quantitative estimate of drug-likeness (QED) is 0.922. The van der Waals surface area contributed by atoms with Gasteiger partial charge in [-0.05, 0) is 30.5 Å². The van der Waals surface area contributed by atoms with Gasteiger partial charge in [0.2, 0.25) is 0 Å². The van der Waals surface area contributed by atoms with Gasteiger partial charge < -0.3 is 10.5 Å². The van der Waals surface area contributed by atoms with Crippen LogP contribution in [0.1, 0.15) is 31.2 Å². The average molecular weight is 287 g/mol. The van der Waals surface area contributed by atoms with E-state index in [0.717, 1.165) is 31.9 Å². The molecule has 0 unspecified atom stereocenters. The summed E-state index contributed by atoms with van der Waals surface area (Å²) in [5.74, 6) is -0.775. The number of benzene rings is 1. The van der Waals surface area contributed by atoms with Crippen LogP contribution in [-0.2, 0) is 15.4 Å². The van der Waals surface area contributed by atoms with Crippen molar-refractivity contribution in [1.82, 2.24) is 0 Å². The average Bonchev–Trinajstić information content (AvgIpc) is 2.74. The fourth-order valence-electron chi connectivity index (χ4n) is 2.66. The van der Waals surface area contributed by atoms with Crippen molar-refractivity contribution in [1.29, 1.82) is 0 Å². The Balaban J connectivity index is 2.60. The van der Waals surface area contributed by atoms with Gasteiger partial charge in [-0.1, -0.05) is 12.8 Å². The zero-order valence-electron chi connectivity index (χ0n) is 11.1. The van der Waals surface area contributed by atoms with Gasteiger partial charge in [0.15, 0.2) is 9.84 Å². The Morgan fingerprint density at radius 1 is 1.32 bits per heavy atom. The number of ether oxygens (including phenoxy) is 1. The van der Waals surface area contributed by atoms with Gasteiger partial charge in [-0.2, -0.15) is 0 Å². The molecular weight excluding hydrogens is 269 g/mol. The van der Waals surface area contributed by atoms with Crippen molar-refractivity contribution in [3.63, 3.8) is 0 Å². The molecule has 1 fully saturated rings. The number of halogens is 1. The molecule has 6 heteroatoms. The molecule has 0 atom stereocenters. The first-order valence-electron chi connectivity index (χ1n) is 6.15. The van der Waals surface area contributed by atoms with E-state index in [1.54, 1.807) is 6.07 Å². The maximum Gasteiger partial charge on any atom is 0.182 e. The maximum absolute atomic E-state index is 14.1. The summed E-state index contributed by atoms with van der Waals surface area (Å²) in [7, 11) is -2.35. The molecule has 106 valence electrons. The molecule has 19 heavy (non-hydrogen) atoms. The lowest BCUT2D eigenvalue weighted by atomic mass is 9.89. The van der Waals surface area contributed by atoms with E-state index in [0.29, 0.717) is 5.56 Å². The van der Waals surface area contributed by atoms with Gasteiger partial charge >= 0.3 is 0 Å². The summed E-state index contributed by atoms with van der Waals surface area (Å²) < 4.78 is 42.3. The Bertz CT molecular complexity index is 592. The number of rotatable bonds is 3. The summed E-state index contributed by atoms with van der Waals surface area (Å²) in [4.78, 5) is -0.402. The van der Waals surface area contributed by atoms with E-state index in [2.05, 4.69) is 0 Å². The normalized spacial score (nSPS) is 18.5. The highest BCUT2D eigenvalue weighted by molar-refractivity contribution is 7.90. The molecule has 0 saturated heterocycles. The second-order valence-corrected chi connectivity index (χ2v) is 7.08. The van der Waals surface area contributed by atoms with E-state index in [1.807, 2.05) is 0 Å². The Hall–Kier alpha value is -1.14. The van der Waals surface area contributed by atoms with Crippen LogP contribution in [-0.4, -0.2) is 21.8 Å². The number of methoxy groups -OCH3 is 1. The lowest BCUT2D eigenvalue weighted by Gasteiger charge is -2.25. The highest BCUT2D eigenvalue weighted by Crippen LogP contribution is 2.39. The van der Waals surface area contributed by atoms with E-state index in [4.69, 9.17) is 10.5 Å². The molecule has 4 nitrogen and oxygen atoms in total. The predicted molar refractivity (Wildman–Crippen MR) is 70.4 cm³/mol. The third-order valence-electron chi connectivity index (χ3n) is 3.67. The molecule has 0 aliphatic heterocycles. The van der Waals surface area contributed by atoms with E-state index in [1.165, 1.54) is 13.2 Å². The first-order valence-corrected chi connectivity index (χ1v) is 8.04. The number of nitrogens with two attached hydrogens (primary N) is 1. The van der Waals surface area contributed by atoms with Gasteiger partial charge in [0.25, 0.3) is 0 Å². The Labute approximate surface area is 112 Å². The third kappa shape index (κ3) is 2.60. The summed E-state index contributed by atoms with van der Waals surface area (Å²) in [6.07, 6.45) is 4.49. The molecule has 2 N–H and O–H groups in total. The van der Waals surface area contributed by atoms with Crippen LogP contribution >= 0.6 is 0 Å². The zero-order valence-corrected chi connectivity index (χ0v) is 11.9. The van der Waals surface area contributed by atoms with E-state index >= 15 is 0 Å². The van der Waals surface area contributed by atoms with Crippen molar-refractivity contribution >= 4 is 9.84 Å². The lowest BCUT2D eigenvalue weighted by molar-refractivity contribution is 0.387. The standard InChI is InChI=1S/C13H18FNO3S/c1-18-11-8-9(13(15)5-3-4-6-13)7-10(14)12(11)19(2,16)17/h7-8H,3-6,15H2,1-2H3. The SMILES string of the molecule is COc1cc(C2(N)CCCC2)cc(F)c1S(C)(=O)=O. The Morgan fingerprint density at radius 2 is 1.89 bits per heavy atom. The van der Waals surface area contributed by atoms with Crippen LogP contribution in [0.2, 0.25) is 0 Å². The molecule has 0 bridgehead atoms. The second-order valence-electron chi connectivity index (χ2n) is 5.12. The van der Waals surface area contributed by atoms with Crippen LogP contribution in [0.15, 0.2) is 17.0 Å². The highest BCUT2D eigenvalue weighted by Gasteiger charge is 2.33. The fraction of sp³-hybridized carbons (Fsp3) is 0.538. The first-order chi connectivity index (χ1) is 8.78. The minimum Gasteiger partial charge on any atom is -0.495 e. The molecular formula is C13H18FNO3S. The van der Waals surface area contributed by atoms with Gasteiger partial charge in [0.1, 0.15) is 16.5 Å². The Kier molecular flexibility index (Phi) is 3.57. The molecule has 1 saturated carbocycles. The molecule has 1 aliphatic carbocycles. The van der Waals surface area contributed by atoms with E-state index < -0.39 is 26.1 Å².